The molecule has 0 radical (unpaired) electrons. The zero-order valence-electron chi connectivity index (χ0n) is 11.3. The molecule has 0 saturated heterocycles. The summed E-state index contributed by atoms with van der Waals surface area (Å²) in [5, 5.41) is 2.81. The lowest BCUT2D eigenvalue weighted by molar-refractivity contribution is 0.0941. The van der Waals surface area contributed by atoms with Crippen LogP contribution in [0.2, 0.25) is 0 Å². The van der Waals surface area contributed by atoms with Gasteiger partial charge < -0.3 is 15.8 Å². The Labute approximate surface area is 109 Å². The fraction of sp³-hybridized carbons (Fsp3) is 0.500. The SMILES string of the molecule is CCC(C)Oc1ccc(C(=O)N[C@@H](C)CN)cc1. The maximum atomic E-state index is 11.8. The summed E-state index contributed by atoms with van der Waals surface area (Å²) in [7, 11) is 0. The highest BCUT2D eigenvalue weighted by Gasteiger charge is 2.09. The van der Waals surface area contributed by atoms with Gasteiger partial charge in [-0.25, -0.2) is 0 Å². The lowest BCUT2D eigenvalue weighted by Crippen LogP contribution is -2.37. The van der Waals surface area contributed by atoms with Crippen molar-refractivity contribution in [3.05, 3.63) is 29.8 Å². The molecule has 3 N–H and O–H groups in total. The van der Waals surface area contributed by atoms with Crippen molar-refractivity contribution in [2.75, 3.05) is 6.54 Å². The molecule has 0 aliphatic heterocycles. The number of carbonyl (C=O) groups excluding carboxylic acids is 1. The highest BCUT2D eigenvalue weighted by Crippen LogP contribution is 2.14. The van der Waals surface area contributed by atoms with Gasteiger partial charge in [0.05, 0.1) is 6.10 Å². The number of amides is 1. The number of carbonyl (C=O) groups is 1. The van der Waals surface area contributed by atoms with E-state index in [2.05, 4.69) is 12.2 Å². The van der Waals surface area contributed by atoms with Crippen LogP contribution in [0.25, 0.3) is 0 Å². The minimum absolute atomic E-state index is 0.0199. The van der Waals surface area contributed by atoms with Crippen LogP contribution in [0.5, 0.6) is 5.75 Å². The zero-order chi connectivity index (χ0) is 13.5. The molecule has 1 rings (SSSR count). The molecule has 0 saturated carbocycles. The predicted octanol–water partition coefficient (Wildman–Crippen LogP) is 1.94. The van der Waals surface area contributed by atoms with E-state index in [1.54, 1.807) is 12.1 Å². The molecule has 1 aromatic carbocycles. The van der Waals surface area contributed by atoms with E-state index in [0.29, 0.717) is 12.1 Å². The molecule has 0 spiro atoms. The number of nitrogens with two attached hydrogens (primary N) is 1. The quantitative estimate of drug-likeness (QED) is 0.811. The molecule has 2 atom stereocenters. The first-order chi connectivity index (χ1) is 8.56. The first kappa shape index (κ1) is 14.5. The first-order valence-electron chi connectivity index (χ1n) is 6.34. The summed E-state index contributed by atoms with van der Waals surface area (Å²) in [6, 6.07) is 7.13. The van der Waals surface area contributed by atoms with Crippen molar-refractivity contribution >= 4 is 5.91 Å². The summed E-state index contributed by atoms with van der Waals surface area (Å²) < 4.78 is 5.65. The summed E-state index contributed by atoms with van der Waals surface area (Å²) in [6.07, 6.45) is 1.14. The van der Waals surface area contributed by atoms with Gasteiger partial charge in [-0.15, -0.1) is 0 Å². The van der Waals surface area contributed by atoms with Crippen molar-refractivity contribution in [3.8, 4) is 5.75 Å². The standard InChI is InChI=1S/C14H22N2O2/c1-4-11(3)18-13-7-5-12(6-8-13)14(17)16-10(2)9-15/h5-8,10-11H,4,9,15H2,1-3H3,(H,16,17)/t10-,11?/m0/s1. The molecule has 0 fully saturated rings. The monoisotopic (exact) mass is 250 g/mol. The van der Waals surface area contributed by atoms with Crippen LogP contribution in [0.1, 0.15) is 37.6 Å². The molecular weight excluding hydrogens is 228 g/mol. The van der Waals surface area contributed by atoms with E-state index in [9.17, 15) is 4.79 Å². The third-order valence-corrected chi connectivity index (χ3v) is 2.76. The second kappa shape index (κ2) is 7.01. The second-order valence-corrected chi connectivity index (χ2v) is 4.47. The zero-order valence-corrected chi connectivity index (χ0v) is 11.3. The highest BCUT2D eigenvalue weighted by atomic mass is 16.5. The van der Waals surface area contributed by atoms with Gasteiger partial charge in [-0.3, -0.25) is 4.79 Å². The number of benzene rings is 1. The number of hydrogen-bond donors (Lipinski definition) is 2. The number of hydrogen-bond acceptors (Lipinski definition) is 3. The average molecular weight is 250 g/mol. The second-order valence-electron chi connectivity index (χ2n) is 4.47. The van der Waals surface area contributed by atoms with E-state index in [-0.39, 0.29) is 18.1 Å². The van der Waals surface area contributed by atoms with E-state index < -0.39 is 0 Å². The van der Waals surface area contributed by atoms with Crippen LogP contribution < -0.4 is 15.8 Å². The third-order valence-electron chi connectivity index (χ3n) is 2.76. The lowest BCUT2D eigenvalue weighted by atomic mass is 10.2. The Bertz CT molecular complexity index is 376. The van der Waals surface area contributed by atoms with Crippen molar-refractivity contribution in [2.24, 2.45) is 5.73 Å². The van der Waals surface area contributed by atoms with Crippen LogP contribution in [0.4, 0.5) is 0 Å². The highest BCUT2D eigenvalue weighted by molar-refractivity contribution is 5.94. The van der Waals surface area contributed by atoms with Crippen molar-refractivity contribution in [2.45, 2.75) is 39.3 Å². The lowest BCUT2D eigenvalue weighted by Gasteiger charge is -2.14. The summed E-state index contributed by atoms with van der Waals surface area (Å²) in [6.45, 7) is 6.39. The Hall–Kier alpha value is -1.55. The molecule has 0 aliphatic rings. The van der Waals surface area contributed by atoms with Gasteiger partial charge >= 0.3 is 0 Å². The van der Waals surface area contributed by atoms with E-state index >= 15 is 0 Å². The van der Waals surface area contributed by atoms with E-state index in [4.69, 9.17) is 10.5 Å². The largest absolute Gasteiger partial charge is 0.491 e. The Kier molecular flexibility index (Phi) is 5.65. The van der Waals surface area contributed by atoms with Gasteiger partial charge in [0.15, 0.2) is 0 Å². The molecule has 0 heterocycles. The summed E-state index contributed by atoms with van der Waals surface area (Å²) in [4.78, 5) is 11.8. The van der Waals surface area contributed by atoms with Crippen molar-refractivity contribution in [1.82, 2.24) is 5.32 Å². The molecule has 1 aromatic rings. The van der Waals surface area contributed by atoms with Crippen LogP contribution in [-0.2, 0) is 0 Å². The summed E-state index contributed by atoms with van der Waals surface area (Å²) >= 11 is 0. The van der Waals surface area contributed by atoms with Crippen LogP contribution in [0.3, 0.4) is 0 Å². The van der Waals surface area contributed by atoms with Crippen LogP contribution in [-0.4, -0.2) is 24.6 Å². The minimum atomic E-state index is -0.108. The Morgan fingerprint density at radius 2 is 1.94 bits per heavy atom. The maximum Gasteiger partial charge on any atom is 0.251 e. The topological polar surface area (TPSA) is 64.3 Å². The van der Waals surface area contributed by atoms with E-state index in [1.807, 2.05) is 26.0 Å². The van der Waals surface area contributed by atoms with Gasteiger partial charge in [-0.2, -0.15) is 0 Å². The first-order valence-corrected chi connectivity index (χ1v) is 6.34. The fourth-order valence-corrected chi connectivity index (χ4v) is 1.37. The minimum Gasteiger partial charge on any atom is -0.491 e. The maximum absolute atomic E-state index is 11.8. The molecule has 18 heavy (non-hydrogen) atoms. The van der Waals surface area contributed by atoms with Crippen molar-refractivity contribution in [1.29, 1.82) is 0 Å². The summed E-state index contributed by atoms with van der Waals surface area (Å²) in [5.41, 5.74) is 6.08. The van der Waals surface area contributed by atoms with Gasteiger partial charge in [0.1, 0.15) is 5.75 Å². The van der Waals surface area contributed by atoms with Crippen LogP contribution in [0, 0.1) is 0 Å². The molecule has 1 unspecified atom stereocenters. The average Bonchev–Trinajstić information content (AvgIpc) is 2.39. The van der Waals surface area contributed by atoms with E-state index in [1.165, 1.54) is 0 Å². The van der Waals surface area contributed by atoms with Crippen LogP contribution >= 0.6 is 0 Å². The molecule has 1 amide bonds. The van der Waals surface area contributed by atoms with Gasteiger partial charge in [0, 0.05) is 18.2 Å². The summed E-state index contributed by atoms with van der Waals surface area (Å²) in [5.74, 6) is 0.677. The molecule has 100 valence electrons. The van der Waals surface area contributed by atoms with Gasteiger partial charge in [-0.1, -0.05) is 6.92 Å². The number of rotatable bonds is 6. The normalized spacial score (nSPS) is 13.8. The molecule has 0 aliphatic carbocycles. The number of nitrogens with one attached hydrogen (secondary N) is 1. The Morgan fingerprint density at radius 1 is 1.33 bits per heavy atom. The van der Waals surface area contributed by atoms with Gasteiger partial charge in [0.25, 0.3) is 5.91 Å². The van der Waals surface area contributed by atoms with E-state index in [0.717, 1.165) is 12.2 Å². The molecular formula is C14H22N2O2. The Morgan fingerprint density at radius 3 is 2.44 bits per heavy atom. The van der Waals surface area contributed by atoms with Crippen LogP contribution in [0.15, 0.2) is 24.3 Å². The fourth-order valence-electron chi connectivity index (χ4n) is 1.37. The third kappa shape index (κ3) is 4.37. The molecule has 0 bridgehead atoms. The van der Waals surface area contributed by atoms with Gasteiger partial charge in [-0.05, 0) is 44.5 Å². The number of ether oxygens (including phenoxy) is 1. The van der Waals surface area contributed by atoms with Crippen molar-refractivity contribution < 1.29 is 9.53 Å². The van der Waals surface area contributed by atoms with Crippen molar-refractivity contribution in [3.63, 3.8) is 0 Å². The Balaban J connectivity index is 2.62. The molecule has 4 heteroatoms. The molecule has 4 nitrogen and oxygen atoms in total. The predicted molar refractivity (Wildman–Crippen MR) is 72.8 cm³/mol. The molecule has 0 aromatic heterocycles. The smallest absolute Gasteiger partial charge is 0.251 e. The van der Waals surface area contributed by atoms with Gasteiger partial charge in [0.2, 0.25) is 0 Å².